The Morgan fingerprint density at radius 2 is 1.27 bits per heavy atom. The summed E-state index contributed by atoms with van der Waals surface area (Å²) in [4.78, 5) is 12.3. The molecule has 0 bridgehead atoms. The van der Waals surface area contributed by atoms with Crippen LogP contribution in [-0.2, 0) is 4.79 Å². The molecule has 0 aromatic carbocycles. The van der Waals surface area contributed by atoms with Gasteiger partial charge in [-0.2, -0.15) is 0 Å². The molecule has 0 radical (unpaired) electrons. The van der Waals surface area contributed by atoms with E-state index in [9.17, 15) is 4.79 Å². The van der Waals surface area contributed by atoms with Crippen molar-refractivity contribution in [3.63, 3.8) is 0 Å². The van der Waals surface area contributed by atoms with Crippen LogP contribution in [0, 0.1) is 23.7 Å². The minimum absolute atomic E-state index is 0.364. The van der Waals surface area contributed by atoms with Gasteiger partial charge >= 0.3 is 0 Å². The first-order chi connectivity index (χ1) is 7.36. The summed E-state index contributed by atoms with van der Waals surface area (Å²) in [5.41, 5.74) is 0. The second-order valence-electron chi connectivity index (χ2n) is 5.26. The van der Waals surface area contributed by atoms with Gasteiger partial charge in [0, 0.05) is 11.8 Å². The Bertz CT molecular complexity index is 296. The predicted molar refractivity (Wildman–Crippen MR) is 60.3 cm³/mol. The van der Waals surface area contributed by atoms with E-state index in [0.29, 0.717) is 29.5 Å². The molecule has 1 fully saturated rings. The molecule has 0 aromatic rings. The maximum absolute atomic E-state index is 12.3. The Morgan fingerprint density at radius 1 is 0.800 bits per heavy atom. The van der Waals surface area contributed by atoms with Crippen molar-refractivity contribution in [2.45, 2.75) is 32.1 Å². The van der Waals surface area contributed by atoms with E-state index in [2.05, 4.69) is 24.3 Å². The lowest BCUT2D eigenvalue weighted by atomic mass is 9.61. The Labute approximate surface area is 91.2 Å². The lowest BCUT2D eigenvalue weighted by Gasteiger charge is -2.42. The first kappa shape index (κ1) is 9.38. The molecule has 0 heterocycles. The lowest BCUT2D eigenvalue weighted by molar-refractivity contribution is -0.134. The Balaban J connectivity index is 1.86. The van der Waals surface area contributed by atoms with Crippen molar-refractivity contribution in [3.05, 3.63) is 24.3 Å². The van der Waals surface area contributed by atoms with Crippen molar-refractivity contribution in [2.75, 3.05) is 0 Å². The summed E-state index contributed by atoms with van der Waals surface area (Å²) in [6, 6.07) is 0. The topological polar surface area (TPSA) is 17.1 Å². The third-order valence-corrected chi connectivity index (χ3v) is 4.47. The number of rotatable bonds is 0. The summed E-state index contributed by atoms with van der Waals surface area (Å²) in [6.45, 7) is 0. The van der Waals surface area contributed by atoms with Gasteiger partial charge in [0.15, 0.2) is 0 Å². The molecule has 4 atom stereocenters. The molecule has 0 spiro atoms. The van der Waals surface area contributed by atoms with E-state index >= 15 is 0 Å². The number of fused-ring (bicyclic) bond motifs is 2. The van der Waals surface area contributed by atoms with Crippen LogP contribution in [0.3, 0.4) is 0 Å². The fraction of sp³-hybridized carbons (Fsp3) is 0.643. The van der Waals surface area contributed by atoms with E-state index in [-0.39, 0.29) is 0 Å². The van der Waals surface area contributed by atoms with Crippen molar-refractivity contribution in [2.24, 2.45) is 23.7 Å². The SMILES string of the molecule is O=C1[C@@H]2CC=CC[C@@H]2C[C@@H]2CC=CC[C@@H]12. The summed E-state index contributed by atoms with van der Waals surface area (Å²) in [7, 11) is 0. The maximum atomic E-state index is 12.3. The number of hydrogen-bond donors (Lipinski definition) is 0. The number of ketones is 1. The third-order valence-electron chi connectivity index (χ3n) is 4.47. The van der Waals surface area contributed by atoms with Gasteiger partial charge in [0.05, 0.1) is 0 Å². The molecular formula is C14H18O. The minimum Gasteiger partial charge on any atom is -0.299 e. The third kappa shape index (κ3) is 1.49. The number of carbonyl (C=O) groups excluding carboxylic acids is 1. The Hall–Kier alpha value is -0.850. The van der Waals surface area contributed by atoms with Crippen LogP contribution >= 0.6 is 0 Å². The van der Waals surface area contributed by atoms with E-state index < -0.39 is 0 Å². The van der Waals surface area contributed by atoms with Crippen LogP contribution in [0.15, 0.2) is 24.3 Å². The Morgan fingerprint density at radius 3 is 1.80 bits per heavy atom. The predicted octanol–water partition coefficient (Wildman–Crippen LogP) is 3.12. The van der Waals surface area contributed by atoms with Crippen molar-refractivity contribution in [1.29, 1.82) is 0 Å². The van der Waals surface area contributed by atoms with E-state index in [4.69, 9.17) is 0 Å². The van der Waals surface area contributed by atoms with Crippen molar-refractivity contribution < 1.29 is 4.79 Å². The van der Waals surface area contributed by atoms with Crippen LogP contribution in [0.1, 0.15) is 32.1 Å². The number of allylic oxidation sites excluding steroid dienone is 4. The number of Topliss-reactive ketones (excluding diaryl/α,β-unsaturated/α-hetero) is 1. The molecule has 3 aliphatic rings. The van der Waals surface area contributed by atoms with E-state index in [1.165, 1.54) is 6.42 Å². The summed E-state index contributed by atoms with van der Waals surface area (Å²) >= 11 is 0. The molecule has 1 nitrogen and oxygen atoms in total. The Kier molecular flexibility index (Phi) is 2.27. The van der Waals surface area contributed by atoms with Crippen LogP contribution in [0.2, 0.25) is 0 Å². The average molecular weight is 202 g/mol. The van der Waals surface area contributed by atoms with Gasteiger partial charge in [0.1, 0.15) is 5.78 Å². The van der Waals surface area contributed by atoms with Gasteiger partial charge in [-0.15, -0.1) is 0 Å². The quantitative estimate of drug-likeness (QED) is 0.551. The van der Waals surface area contributed by atoms with Crippen molar-refractivity contribution in [3.8, 4) is 0 Å². The van der Waals surface area contributed by atoms with Crippen molar-refractivity contribution in [1.82, 2.24) is 0 Å². The molecule has 80 valence electrons. The summed E-state index contributed by atoms with van der Waals surface area (Å²) < 4.78 is 0. The van der Waals surface area contributed by atoms with Gasteiger partial charge in [-0.25, -0.2) is 0 Å². The average Bonchev–Trinajstić information content (AvgIpc) is 2.30. The smallest absolute Gasteiger partial charge is 0.140 e. The molecule has 1 heteroatoms. The zero-order chi connectivity index (χ0) is 10.3. The standard InChI is InChI=1S/C14H18O/c15-14-12-7-3-1-5-10(12)9-11-6-2-4-8-13(11)14/h1-4,10-13H,5-9H2/t10-,11+,12-,13-/m1/s1. The highest BCUT2D eigenvalue weighted by molar-refractivity contribution is 5.85. The molecule has 1 saturated carbocycles. The van der Waals surface area contributed by atoms with Gasteiger partial charge in [-0.05, 0) is 43.9 Å². The molecule has 0 N–H and O–H groups in total. The van der Waals surface area contributed by atoms with E-state index in [1.54, 1.807) is 0 Å². The first-order valence-electron chi connectivity index (χ1n) is 6.20. The van der Waals surface area contributed by atoms with Crippen LogP contribution < -0.4 is 0 Å². The second-order valence-corrected chi connectivity index (χ2v) is 5.26. The van der Waals surface area contributed by atoms with Crippen LogP contribution in [0.4, 0.5) is 0 Å². The van der Waals surface area contributed by atoms with Gasteiger partial charge in [-0.1, -0.05) is 24.3 Å². The fourth-order valence-corrected chi connectivity index (χ4v) is 3.62. The number of hydrogen-bond acceptors (Lipinski definition) is 1. The van der Waals surface area contributed by atoms with Gasteiger partial charge in [0.2, 0.25) is 0 Å². The summed E-state index contributed by atoms with van der Waals surface area (Å²) in [6.07, 6.45) is 14.5. The zero-order valence-corrected chi connectivity index (χ0v) is 9.06. The summed E-state index contributed by atoms with van der Waals surface area (Å²) in [5, 5.41) is 0. The molecule has 3 rings (SSSR count). The monoisotopic (exact) mass is 202 g/mol. The second kappa shape index (κ2) is 3.62. The molecule has 15 heavy (non-hydrogen) atoms. The molecule has 0 saturated heterocycles. The highest BCUT2D eigenvalue weighted by Gasteiger charge is 2.43. The van der Waals surface area contributed by atoms with Crippen LogP contribution in [-0.4, -0.2) is 5.78 Å². The lowest BCUT2D eigenvalue weighted by Crippen LogP contribution is -2.41. The normalized spacial score (nSPS) is 43.6. The summed E-state index contributed by atoms with van der Waals surface area (Å²) in [5.74, 6) is 2.63. The molecule has 0 aromatic heterocycles. The maximum Gasteiger partial charge on any atom is 0.140 e. The van der Waals surface area contributed by atoms with Gasteiger partial charge < -0.3 is 0 Å². The van der Waals surface area contributed by atoms with Gasteiger partial charge in [-0.3, -0.25) is 4.79 Å². The molecule has 0 aliphatic heterocycles. The highest BCUT2D eigenvalue weighted by Crippen LogP contribution is 2.45. The first-order valence-corrected chi connectivity index (χ1v) is 6.20. The van der Waals surface area contributed by atoms with E-state index in [0.717, 1.165) is 25.7 Å². The van der Waals surface area contributed by atoms with Gasteiger partial charge in [0.25, 0.3) is 0 Å². The zero-order valence-electron chi connectivity index (χ0n) is 9.06. The molecular weight excluding hydrogens is 184 g/mol. The highest BCUT2D eigenvalue weighted by atomic mass is 16.1. The number of carbonyl (C=O) groups is 1. The van der Waals surface area contributed by atoms with Crippen LogP contribution in [0.5, 0.6) is 0 Å². The van der Waals surface area contributed by atoms with Crippen LogP contribution in [0.25, 0.3) is 0 Å². The molecule has 0 amide bonds. The van der Waals surface area contributed by atoms with E-state index in [1.807, 2.05) is 0 Å². The minimum atomic E-state index is 0.364. The molecule has 0 unspecified atom stereocenters. The fourth-order valence-electron chi connectivity index (χ4n) is 3.62. The van der Waals surface area contributed by atoms with Crippen molar-refractivity contribution >= 4 is 5.78 Å². The largest absolute Gasteiger partial charge is 0.299 e. The molecule has 3 aliphatic carbocycles.